The predicted octanol–water partition coefficient (Wildman–Crippen LogP) is 4.06. The second-order valence-corrected chi connectivity index (χ2v) is 7.02. The summed E-state index contributed by atoms with van der Waals surface area (Å²) in [7, 11) is 4.70. The molecule has 0 bridgehead atoms. The van der Waals surface area contributed by atoms with Crippen LogP contribution in [0, 0.1) is 0 Å². The molecule has 4 rings (SSSR count). The van der Waals surface area contributed by atoms with Gasteiger partial charge in [-0.15, -0.1) is 0 Å². The molecule has 10 heteroatoms. The molecule has 2 aromatic carbocycles. The van der Waals surface area contributed by atoms with Gasteiger partial charge in [0.05, 0.1) is 26.4 Å². The minimum Gasteiger partial charge on any atom is -0.493 e. The number of aromatic nitrogens is 4. The second kappa shape index (κ2) is 7.81. The van der Waals surface area contributed by atoms with Crippen LogP contribution in [0.4, 0.5) is 5.95 Å². The largest absolute Gasteiger partial charge is 0.493 e. The van der Waals surface area contributed by atoms with Gasteiger partial charge in [0, 0.05) is 16.3 Å². The minimum atomic E-state index is -0.336. The fourth-order valence-electron chi connectivity index (χ4n) is 3.23. The van der Waals surface area contributed by atoms with Crippen molar-refractivity contribution in [3.05, 3.63) is 57.6 Å². The molecule has 29 heavy (non-hydrogen) atoms. The van der Waals surface area contributed by atoms with E-state index in [4.69, 9.17) is 37.4 Å². The number of methoxy groups -OCH3 is 3. The monoisotopic (exact) mass is 433 g/mol. The molecule has 0 fully saturated rings. The number of nitrogens with one attached hydrogen (secondary N) is 1. The van der Waals surface area contributed by atoms with Crippen molar-refractivity contribution in [2.75, 3.05) is 26.6 Å². The molecule has 2 heterocycles. The molecule has 1 atom stereocenters. The van der Waals surface area contributed by atoms with Crippen molar-refractivity contribution in [2.24, 2.45) is 0 Å². The minimum absolute atomic E-state index is 0.336. The van der Waals surface area contributed by atoms with Gasteiger partial charge >= 0.3 is 0 Å². The highest BCUT2D eigenvalue weighted by Crippen LogP contribution is 2.42. The van der Waals surface area contributed by atoms with Crippen LogP contribution >= 0.6 is 23.2 Å². The number of hydrogen-bond donors (Lipinski definition) is 1. The van der Waals surface area contributed by atoms with E-state index in [0.717, 1.165) is 16.8 Å². The van der Waals surface area contributed by atoms with Crippen LogP contribution in [0.2, 0.25) is 10.0 Å². The van der Waals surface area contributed by atoms with E-state index in [-0.39, 0.29) is 6.04 Å². The summed E-state index contributed by atoms with van der Waals surface area (Å²) < 4.78 is 18.0. The molecular formula is C19H17Cl2N5O3. The second-order valence-electron chi connectivity index (χ2n) is 6.18. The molecule has 0 saturated carbocycles. The Morgan fingerprint density at radius 2 is 1.72 bits per heavy atom. The lowest BCUT2D eigenvalue weighted by molar-refractivity contribution is 0.323. The van der Waals surface area contributed by atoms with E-state index in [1.54, 1.807) is 38.1 Å². The lowest BCUT2D eigenvalue weighted by Crippen LogP contribution is -2.20. The average molecular weight is 434 g/mol. The quantitative estimate of drug-likeness (QED) is 0.649. The van der Waals surface area contributed by atoms with Crippen LogP contribution in [0.5, 0.6) is 17.2 Å². The van der Waals surface area contributed by atoms with Gasteiger partial charge in [-0.05, 0) is 52.4 Å². The number of benzene rings is 2. The summed E-state index contributed by atoms with van der Waals surface area (Å²) in [5.74, 6) is 2.06. The maximum Gasteiger partial charge on any atom is 0.248 e. The van der Waals surface area contributed by atoms with Gasteiger partial charge in [0.15, 0.2) is 11.5 Å². The Morgan fingerprint density at radius 1 is 1.00 bits per heavy atom. The van der Waals surface area contributed by atoms with Crippen LogP contribution in [0.1, 0.15) is 17.2 Å². The number of halogens is 2. The zero-order valence-corrected chi connectivity index (χ0v) is 17.3. The number of fused-ring (bicyclic) bond motifs is 1. The van der Waals surface area contributed by atoms with Crippen molar-refractivity contribution >= 4 is 34.8 Å². The highest BCUT2D eigenvalue weighted by Gasteiger charge is 2.27. The lowest BCUT2D eigenvalue weighted by Gasteiger charge is -2.25. The third-order valence-corrected chi connectivity index (χ3v) is 5.12. The maximum absolute atomic E-state index is 6.41. The lowest BCUT2D eigenvalue weighted by atomic mass is 10.0. The molecule has 0 amide bonds. The van der Waals surface area contributed by atoms with Crippen LogP contribution in [-0.4, -0.2) is 41.5 Å². The molecule has 1 aliphatic heterocycles. The normalized spacial score (nSPS) is 15.2. The van der Waals surface area contributed by atoms with E-state index in [9.17, 15) is 0 Å². The van der Waals surface area contributed by atoms with Crippen molar-refractivity contribution in [1.29, 1.82) is 0 Å². The van der Waals surface area contributed by atoms with Crippen LogP contribution in [0.15, 0.2) is 36.4 Å². The number of allylic oxidation sites excluding steroid dienone is 1. The van der Waals surface area contributed by atoms with Crippen LogP contribution in [0.3, 0.4) is 0 Å². The molecule has 1 aliphatic rings. The molecule has 0 saturated heterocycles. The van der Waals surface area contributed by atoms with E-state index in [0.29, 0.717) is 33.2 Å². The van der Waals surface area contributed by atoms with Gasteiger partial charge in [0.2, 0.25) is 11.7 Å². The summed E-state index contributed by atoms with van der Waals surface area (Å²) >= 11 is 12.5. The fraction of sp³-hybridized carbons (Fsp3) is 0.211. The van der Waals surface area contributed by atoms with E-state index in [2.05, 4.69) is 20.8 Å². The first kappa shape index (κ1) is 19.4. The van der Waals surface area contributed by atoms with E-state index in [1.807, 2.05) is 24.3 Å². The first-order valence-electron chi connectivity index (χ1n) is 8.57. The first-order valence-corrected chi connectivity index (χ1v) is 9.33. The zero-order chi connectivity index (χ0) is 20.5. The molecule has 3 aromatic rings. The van der Waals surface area contributed by atoms with E-state index >= 15 is 0 Å². The van der Waals surface area contributed by atoms with Crippen molar-refractivity contribution < 1.29 is 14.2 Å². The maximum atomic E-state index is 6.41. The topological polar surface area (TPSA) is 83.3 Å². The third kappa shape index (κ3) is 3.45. The summed E-state index contributed by atoms with van der Waals surface area (Å²) in [6.07, 6.45) is 1.97. The number of hydrogen-bond acceptors (Lipinski definition) is 7. The van der Waals surface area contributed by atoms with Gasteiger partial charge in [-0.1, -0.05) is 28.3 Å². The Hall–Kier alpha value is -2.97. The summed E-state index contributed by atoms with van der Waals surface area (Å²) in [6.45, 7) is 0. The van der Waals surface area contributed by atoms with Crippen LogP contribution in [0.25, 0.3) is 5.70 Å². The molecule has 0 aliphatic carbocycles. The first-order chi connectivity index (χ1) is 14.0. The Morgan fingerprint density at radius 3 is 2.34 bits per heavy atom. The van der Waals surface area contributed by atoms with Crippen molar-refractivity contribution in [3.8, 4) is 17.2 Å². The van der Waals surface area contributed by atoms with E-state index in [1.165, 1.54) is 0 Å². The van der Waals surface area contributed by atoms with Gasteiger partial charge in [-0.3, -0.25) is 0 Å². The summed E-state index contributed by atoms with van der Waals surface area (Å²) in [6, 6.07) is 8.69. The molecule has 8 nitrogen and oxygen atoms in total. The molecule has 1 aromatic heterocycles. The molecule has 0 unspecified atom stereocenters. The van der Waals surface area contributed by atoms with Gasteiger partial charge in [0.25, 0.3) is 0 Å². The van der Waals surface area contributed by atoms with E-state index < -0.39 is 0 Å². The molecule has 0 spiro atoms. The number of ether oxygens (including phenoxy) is 3. The Bertz CT molecular complexity index is 1070. The molecular weight excluding hydrogens is 417 g/mol. The summed E-state index contributed by atoms with van der Waals surface area (Å²) in [5.41, 5.74) is 2.38. The average Bonchev–Trinajstić information content (AvgIpc) is 3.20. The highest BCUT2D eigenvalue weighted by molar-refractivity contribution is 6.35. The van der Waals surface area contributed by atoms with Crippen LogP contribution < -0.4 is 19.5 Å². The third-order valence-electron chi connectivity index (χ3n) is 4.58. The Balaban J connectivity index is 1.87. The standard InChI is InChI=1S/C19H17Cl2N5O3/c1-27-16-6-10(7-17(28-2)18(16)29-3)15-9-14(22-19-23-24-25-26(15)19)12-5-4-11(20)8-13(12)21/h4-9,15H,1-3H3,(H,22,23,25)/t15-/m1/s1. The number of nitrogens with zero attached hydrogens (tertiary/aromatic N) is 4. The molecule has 0 radical (unpaired) electrons. The van der Waals surface area contributed by atoms with Crippen molar-refractivity contribution in [3.63, 3.8) is 0 Å². The van der Waals surface area contributed by atoms with Gasteiger partial charge in [0.1, 0.15) is 6.04 Å². The molecule has 150 valence electrons. The Labute approximate surface area is 177 Å². The van der Waals surface area contributed by atoms with Crippen molar-refractivity contribution in [1.82, 2.24) is 20.2 Å². The summed E-state index contributed by atoms with van der Waals surface area (Å²) in [5, 5.41) is 16.2. The SMILES string of the molecule is COc1cc([C@H]2C=C(c3ccc(Cl)cc3Cl)Nc3nnnn32)cc(OC)c1OC. The highest BCUT2D eigenvalue weighted by atomic mass is 35.5. The smallest absolute Gasteiger partial charge is 0.248 e. The van der Waals surface area contributed by atoms with Gasteiger partial charge in [-0.25, -0.2) is 0 Å². The number of anilines is 1. The zero-order valence-electron chi connectivity index (χ0n) is 15.8. The predicted molar refractivity (Wildman–Crippen MR) is 110 cm³/mol. The number of rotatable bonds is 5. The molecule has 1 N–H and O–H groups in total. The van der Waals surface area contributed by atoms with Crippen LogP contribution in [-0.2, 0) is 0 Å². The Kier molecular flexibility index (Phi) is 5.21. The fourth-order valence-corrected chi connectivity index (χ4v) is 3.74. The van der Waals surface area contributed by atoms with Gasteiger partial charge in [-0.2, -0.15) is 4.68 Å². The van der Waals surface area contributed by atoms with Crippen molar-refractivity contribution in [2.45, 2.75) is 6.04 Å². The summed E-state index contributed by atoms with van der Waals surface area (Å²) in [4.78, 5) is 0. The number of tetrazole rings is 1. The van der Waals surface area contributed by atoms with Gasteiger partial charge < -0.3 is 19.5 Å².